The Kier molecular flexibility index (Phi) is 6.19. The van der Waals surface area contributed by atoms with Gasteiger partial charge in [0.25, 0.3) is 0 Å². The van der Waals surface area contributed by atoms with Gasteiger partial charge in [0, 0.05) is 19.6 Å². The second kappa shape index (κ2) is 7.07. The van der Waals surface area contributed by atoms with Crippen molar-refractivity contribution in [3.8, 4) is 0 Å². The summed E-state index contributed by atoms with van der Waals surface area (Å²) in [5.74, 6) is -0.174. The van der Waals surface area contributed by atoms with E-state index in [9.17, 15) is 13.2 Å². The minimum atomic E-state index is -3.33. The van der Waals surface area contributed by atoms with Gasteiger partial charge in [-0.3, -0.25) is 4.79 Å². The third-order valence-electron chi connectivity index (χ3n) is 3.67. The van der Waals surface area contributed by atoms with Gasteiger partial charge in [0.2, 0.25) is 15.9 Å². The Hall–Kier alpha value is -0.660. The Labute approximate surface area is 128 Å². The van der Waals surface area contributed by atoms with Crippen molar-refractivity contribution in [2.75, 3.05) is 40.0 Å². The Bertz CT molecular complexity index is 460. The Morgan fingerprint density at radius 3 is 2.48 bits per heavy atom. The number of carbonyl (C=O) groups is 1. The molecule has 1 rings (SSSR count). The predicted octanol–water partition coefficient (Wildman–Crippen LogP) is 0.505. The first-order valence-corrected chi connectivity index (χ1v) is 9.27. The Morgan fingerprint density at radius 1 is 1.33 bits per heavy atom. The van der Waals surface area contributed by atoms with E-state index in [0.29, 0.717) is 19.5 Å². The number of carbonyl (C=O) groups excluding carboxylic acids is 1. The molecule has 1 N–H and O–H groups in total. The van der Waals surface area contributed by atoms with E-state index in [0.717, 1.165) is 19.4 Å². The Morgan fingerprint density at radius 2 is 1.95 bits per heavy atom. The molecule has 1 fully saturated rings. The molecule has 1 saturated heterocycles. The van der Waals surface area contributed by atoms with Crippen LogP contribution in [-0.2, 0) is 14.8 Å². The zero-order chi connectivity index (χ0) is 16.3. The number of amides is 1. The van der Waals surface area contributed by atoms with Crippen molar-refractivity contribution in [1.29, 1.82) is 0 Å². The van der Waals surface area contributed by atoms with Crippen LogP contribution < -0.4 is 5.32 Å². The molecular formula is C14H29N3O3S. The fourth-order valence-electron chi connectivity index (χ4n) is 2.92. The van der Waals surface area contributed by atoms with Gasteiger partial charge in [0.1, 0.15) is 6.04 Å². The molecule has 6 nitrogen and oxygen atoms in total. The molecule has 0 unspecified atom stereocenters. The lowest BCUT2D eigenvalue weighted by molar-refractivity contribution is -0.126. The second-order valence-corrected chi connectivity index (χ2v) is 8.94. The van der Waals surface area contributed by atoms with E-state index in [1.54, 1.807) is 0 Å². The largest absolute Gasteiger partial charge is 0.354 e. The van der Waals surface area contributed by atoms with Crippen molar-refractivity contribution in [1.82, 2.24) is 14.5 Å². The number of sulfonamides is 1. The Balaban J connectivity index is 2.65. The highest BCUT2D eigenvalue weighted by Crippen LogP contribution is 2.21. The van der Waals surface area contributed by atoms with Gasteiger partial charge < -0.3 is 10.2 Å². The van der Waals surface area contributed by atoms with E-state index in [2.05, 4.69) is 24.1 Å². The lowest BCUT2D eigenvalue weighted by Gasteiger charge is -2.34. The van der Waals surface area contributed by atoms with Gasteiger partial charge in [-0.25, -0.2) is 8.42 Å². The van der Waals surface area contributed by atoms with Crippen LogP contribution in [-0.4, -0.2) is 69.6 Å². The molecule has 0 saturated carbocycles. The van der Waals surface area contributed by atoms with Crippen molar-refractivity contribution < 1.29 is 13.2 Å². The molecule has 0 aromatic carbocycles. The van der Waals surface area contributed by atoms with Crippen LogP contribution in [0.5, 0.6) is 0 Å². The van der Waals surface area contributed by atoms with Gasteiger partial charge in [-0.15, -0.1) is 0 Å². The van der Waals surface area contributed by atoms with Crippen LogP contribution in [0.1, 0.15) is 33.1 Å². The lowest BCUT2D eigenvalue weighted by Crippen LogP contribution is -2.53. The van der Waals surface area contributed by atoms with E-state index in [1.165, 1.54) is 10.6 Å². The average molecular weight is 319 g/mol. The fraction of sp³-hybridized carbons (Fsp3) is 0.929. The molecular weight excluding hydrogens is 290 g/mol. The van der Waals surface area contributed by atoms with Crippen LogP contribution in [0.2, 0.25) is 0 Å². The lowest BCUT2D eigenvalue weighted by atomic mass is 9.92. The van der Waals surface area contributed by atoms with Crippen LogP contribution in [0.15, 0.2) is 0 Å². The topological polar surface area (TPSA) is 69.7 Å². The van der Waals surface area contributed by atoms with E-state index >= 15 is 0 Å². The summed E-state index contributed by atoms with van der Waals surface area (Å²) in [5, 5.41) is 2.93. The molecule has 0 bridgehead atoms. The molecule has 0 aromatic heterocycles. The summed E-state index contributed by atoms with van der Waals surface area (Å²) < 4.78 is 24.9. The smallest absolute Gasteiger partial charge is 0.238 e. The highest BCUT2D eigenvalue weighted by atomic mass is 32.2. The SMILES string of the molecule is CN(C)CC(C)(C)CNC(=O)[C@H]1CCCCN1S(C)(=O)=O. The number of hydrogen-bond acceptors (Lipinski definition) is 4. The van der Waals surface area contributed by atoms with Gasteiger partial charge in [-0.2, -0.15) is 4.31 Å². The molecule has 21 heavy (non-hydrogen) atoms. The van der Waals surface area contributed by atoms with Crippen molar-refractivity contribution in [3.63, 3.8) is 0 Å². The zero-order valence-electron chi connectivity index (χ0n) is 13.8. The van der Waals surface area contributed by atoms with Gasteiger partial charge in [0.05, 0.1) is 6.26 Å². The summed E-state index contributed by atoms with van der Waals surface area (Å²) >= 11 is 0. The molecule has 1 aliphatic rings. The summed E-state index contributed by atoms with van der Waals surface area (Å²) in [6.45, 7) is 6.01. The van der Waals surface area contributed by atoms with Crippen LogP contribution in [0, 0.1) is 5.41 Å². The fourth-order valence-corrected chi connectivity index (χ4v) is 4.04. The summed E-state index contributed by atoms with van der Waals surface area (Å²) in [6.07, 6.45) is 3.50. The van der Waals surface area contributed by atoms with Crippen molar-refractivity contribution in [3.05, 3.63) is 0 Å². The van der Waals surface area contributed by atoms with Crippen molar-refractivity contribution in [2.45, 2.75) is 39.2 Å². The van der Waals surface area contributed by atoms with Crippen molar-refractivity contribution in [2.24, 2.45) is 5.41 Å². The number of piperidine rings is 1. The minimum Gasteiger partial charge on any atom is -0.354 e. The van der Waals surface area contributed by atoms with Gasteiger partial charge in [0.15, 0.2) is 0 Å². The highest BCUT2D eigenvalue weighted by molar-refractivity contribution is 7.88. The second-order valence-electron chi connectivity index (χ2n) is 7.01. The first-order valence-electron chi connectivity index (χ1n) is 7.42. The van der Waals surface area contributed by atoms with Crippen LogP contribution in [0.4, 0.5) is 0 Å². The first-order chi connectivity index (χ1) is 9.53. The molecule has 1 heterocycles. The number of hydrogen-bond donors (Lipinski definition) is 1. The minimum absolute atomic E-state index is 0.0518. The molecule has 0 aromatic rings. The monoisotopic (exact) mass is 319 g/mol. The molecule has 1 atom stereocenters. The van der Waals surface area contributed by atoms with Crippen LogP contribution in [0.3, 0.4) is 0 Å². The van der Waals surface area contributed by atoms with E-state index in [4.69, 9.17) is 0 Å². The van der Waals surface area contributed by atoms with E-state index in [-0.39, 0.29) is 11.3 Å². The normalized spacial score (nSPS) is 21.5. The van der Waals surface area contributed by atoms with Gasteiger partial charge >= 0.3 is 0 Å². The summed E-state index contributed by atoms with van der Waals surface area (Å²) in [5.41, 5.74) is -0.0518. The maximum absolute atomic E-state index is 12.4. The summed E-state index contributed by atoms with van der Waals surface area (Å²) in [4.78, 5) is 14.4. The third kappa shape index (κ3) is 5.92. The molecule has 0 radical (unpaired) electrons. The molecule has 0 spiro atoms. The van der Waals surface area contributed by atoms with Gasteiger partial charge in [-0.05, 0) is 32.4 Å². The highest BCUT2D eigenvalue weighted by Gasteiger charge is 2.34. The molecule has 0 aliphatic carbocycles. The van der Waals surface area contributed by atoms with Crippen LogP contribution >= 0.6 is 0 Å². The maximum Gasteiger partial charge on any atom is 0.238 e. The predicted molar refractivity (Wildman–Crippen MR) is 84.5 cm³/mol. The summed E-state index contributed by atoms with van der Waals surface area (Å²) in [6, 6.07) is -0.552. The average Bonchev–Trinajstić information content (AvgIpc) is 2.33. The number of nitrogens with one attached hydrogen (secondary N) is 1. The van der Waals surface area contributed by atoms with Crippen LogP contribution in [0.25, 0.3) is 0 Å². The maximum atomic E-state index is 12.4. The molecule has 1 amide bonds. The van der Waals surface area contributed by atoms with E-state index < -0.39 is 16.1 Å². The van der Waals surface area contributed by atoms with E-state index in [1.807, 2.05) is 14.1 Å². The molecule has 1 aliphatic heterocycles. The zero-order valence-corrected chi connectivity index (χ0v) is 14.7. The molecule has 124 valence electrons. The van der Waals surface area contributed by atoms with Gasteiger partial charge in [-0.1, -0.05) is 20.3 Å². The third-order valence-corrected chi connectivity index (χ3v) is 4.96. The number of rotatable bonds is 6. The molecule has 7 heteroatoms. The first kappa shape index (κ1) is 18.4. The standard InChI is InChI=1S/C14H29N3O3S/c1-14(2,11-16(3)4)10-15-13(18)12-8-6-7-9-17(12)21(5,19)20/h12H,6-11H2,1-5H3,(H,15,18)/t12-/m1/s1. The summed E-state index contributed by atoms with van der Waals surface area (Å²) in [7, 11) is 0.664. The van der Waals surface area contributed by atoms with Crippen molar-refractivity contribution >= 4 is 15.9 Å². The number of nitrogens with zero attached hydrogens (tertiary/aromatic N) is 2. The quantitative estimate of drug-likeness (QED) is 0.774.